The van der Waals surface area contributed by atoms with Crippen LogP contribution in [0.4, 0.5) is 5.69 Å². The van der Waals surface area contributed by atoms with Gasteiger partial charge in [-0.15, -0.1) is 0 Å². The molecule has 3 aliphatic rings. The number of allylic oxidation sites excluding steroid dienone is 1. The number of nitrogens with one attached hydrogen (secondary N) is 1. The van der Waals surface area contributed by atoms with Crippen LogP contribution in [-0.2, 0) is 16.6 Å². The molecule has 1 saturated heterocycles. The highest BCUT2D eigenvalue weighted by Crippen LogP contribution is 2.55. The van der Waals surface area contributed by atoms with E-state index in [1.807, 2.05) is 36.1 Å². The molecule has 1 saturated carbocycles. The fourth-order valence-electron chi connectivity index (χ4n) is 7.03. The number of amides is 1. The summed E-state index contributed by atoms with van der Waals surface area (Å²) in [5.41, 5.74) is 3.84. The maximum atomic E-state index is 13.8. The Labute approximate surface area is 264 Å². The van der Waals surface area contributed by atoms with Crippen LogP contribution < -0.4 is 4.72 Å². The predicted molar refractivity (Wildman–Crippen MR) is 174 cm³/mol. The molecule has 10 heteroatoms. The number of rotatable bonds is 6. The highest BCUT2D eigenvalue weighted by atomic mass is 35.5. The van der Waals surface area contributed by atoms with E-state index < -0.39 is 10.0 Å². The number of aromatic hydroxyl groups is 1. The second kappa shape index (κ2) is 12.2. The number of nitrogens with zero attached hydrogens (tertiary/aromatic N) is 3. The number of fused-ring (bicyclic) bond motifs is 1. The van der Waals surface area contributed by atoms with Crippen molar-refractivity contribution >= 4 is 38.1 Å². The lowest BCUT2D eigenvalue weighted by Gasteiger charge is -2.38. The molecule has 2 heterocycles. The number of pyridine rings is 1. The van der Waals surface area contributed by atoms with Gasteiger partial charge in [0, 0.05) is 60.8 Å². The Hall–Kier alpha value is -3.40. The summed E-state index contributed by atoms with van der Waals surface area (Å²) >= 11 is 6.28. The smallest absolute Gasteiger partial charge is 0.263 e. The van der Waals surface area contributed by atoms with Gasteiger partial charge in [-0.1, -0.05) is 43.5 Å². The molecular weight excluding hydrogens is 596 g/mol. The zero-order valence-corrected chi connectivity index (χ0v) is 26.8. The van der Waals surface area contributed by atoms with Crippen molar-refractivity contribution in [3.05, 3.63) is 93.8 Å². The van der Waals surface area contributed by atoms with Crippen molar-refractivity contribution in [3.63, 3.8) is 0 Å². The molecule has 6 rings (SSSR count). The van der Waals surface area contributed by atoms with Crippen molar-refractivity contribution in [1.82, 2.24) is 14.8 Å². The second-order valence-electron chi connectivity index (χ2n) is 12.4. The van der Waals surface area contributed by atoms with Crippen molar-refractivity contribution in [2.45, 2.75) is 58.4 Å². The summed E-state index contributed by atoms with van der Waals surface area (Å²) in [6.07, 6.45) is 8.52. The second-order valence-corrected chi connectivity index (χ2v) is 14.5. The Bertz CT molecular complexity index is 1700. The fourth-order valence-corrected chi connectivity index (χ4v) is 8.59. The number of sulfonamides is 1. The molecule has 1 aliphatic heterocycles. The van der Waals surface area contributed by atoms with E-state index in [9.17, 15) is 18.3 Å². The van der Waals surface area contributed by atoms with E-state index in [-0.39, 0.29) is 27.9 Å². The number of benzene rings is 2. The van der Waals surface area contributed by atoms with E-state index in [1.54, 1.807) is 36.5 Å². The molecule has 1 spiro atoms. The summed E-state index contributed by atoms with van der Waals surface area (Å²) in [5, 5.41) is 11.0. The summed E-state index contributed by atoms with van der Waals surface area (Å²) < 4.78 is 30.3. The largest absolute Gasteiger partial charge is 0.508 e. The van der Waals surface area contributed by atoms with Crippen LogP contribution in [0.1, 0.15) is 77.7 Å². The first kappa shape index (κ1) is 30.6. The van der Waals surface area contributed by atoms with Crippen molar-refractivity contribution in [3.8, 4) is 5.75 Å². The number of phenols is 1. The Kier molecular flexibility index (Phi) is 8.48. The van der Waals surface area contributed by atoms with Crippen LogP contribution in [0.2, 0.25) is 5.02 Å². The van der Waals surface area contributed by atoms with Gasteiger partial charge in [0.1, 0.15) is 10.7 Å². The third-order valence-corrected chi connectivity index (χ3v) is 11.5. The average Bonchev–Trinajstić information content (AvgIpc) is 3.36. The molecule has 1 amide bonds. The van der Waals surface area contributed by atoms with E-state index in [0.717, 1.165) is 55.3 Å². The lowest BCUT2D eigenvalue weighted by atomic mass is 9.68. The lowest BCUT2D eigenvalue weighted by Crippen LogP contribution is -2.35. The number of halogens is 1. The molecule has 0 radical (unpaired) electrons. The third-order valence-electron chi connectivity index (χ3n) is 9.66. The monoisotopic (exact) mass is 634 g/mol. The van der Waals surface area contributed by atoms with Gasteiger partial charge < -0.3 is 10.0 Å². The molecule has 2 fully saturated rings. The molecule has 44 heavy (non-hydrogen) atoms. The van der Waals surface area contributed by atoms with Crippen LogP contribution in [0.15, 0.2) is 60.8 Å². The average molecular weight is 635 g/mol. The Morgan fingerprint density at radius 3 is 2.57 bits per heavy atom. The minimum atomic E-state index is -3.91. The highest BCUT2D eigenvalue weighted by Gasteiger charge is 2.44. The van der Waals surface area contributed by atoms with Gasteiger partial charge >= 0.3 is 0 Å². The molecule has 2 aliphatic carbocycles. The first-order chi connectivity index (χ1) is 21.1. The maximum Gasteiger partial charge on any atom is 0.263 e. The number of carbonyl (C=O) groups excluding carboxylic acids is 1. The van der Waals surface area contributed by atoms with Gasteiger partial charge in [0.15, 0.2) is 0 Å². The minimum Gasteiger partial charge on any atom is -0.508 e. The molecule has 8 nitrogen and oxygen atoms in total. The van der Waals surface area contributed by atoms with Gasteiger partial charge in [0.05, 0.1) is 5.69 Å². The highest BCUT2D eigenvalue weighted by molar-refractivity contribution is 8.01. The predicted octanol–water partition coefficient (Wildman–Crippen LogP) is 6.56. The molecule has 0 bridgehead atoms. The zero-order valence-electron chi connectivity index (χ0n) is 25.2. The van der Waals surface area contributed by atoms with Gasteiger partial charge in [-0.05, 0) is 91.1 Å². The Morgan fingerprint density at radius 1 is 1.07 bits per heavy atom. The van der Waals surface area contributed by atoms with Gasteiger partial charge in [-0.25, -0.2) is 8.42 Å². The lowest BCUT2D eigenvalue weighted by molar-refractivity contribution is 0.0761. The quantitative estimate of drug-likeness (QED) is 0.319. The maximum absolute atomic E-state index is 13.8. The first-order valence-corrected chi connectivity index (χ1v) is 17.2. The SMILES string of the molecule is Cc1cc(O)c(CN2CCCN(C(=O)c3ccc(NS(=O)(=O)C4=CC5(CCCC5)C(C)c5cccnc54)cc3)CC2)cc1Cl. The number of hydrogen-bond acceptors (Lipinski definition) is 6. The van der Waals surface area contributed by atoms with Crippen LogP contribution in [0, 0.1) is 12.3 Å². The fraction of sp³-hybridized carbons (Fsp3) is 0.412. The summed E-state index contributed by atoms with van der Waals surface area (Å²) in [7, 11) is -3.91. The van der Waals surface area contributed by atoms with Crippen molar-refractivity contribution in [1.29, 1.82) is 0 Å². The normalized spacial score (nSPS) is 20.2. The number of anilines is 1. The first-order valence-electron chi connectivity index (χ1n) is 15.4. The van der Waals surface area contributed by atoms with E-state index >= 15 is 0 Å². The molecule has 1 atom stereocenters. The van der Waals surface area contributed by atoms with Gasteiger partial charge in [0.25, 0.3) is 15.9 Å². The molecular formula is C34H39ClN4O4S. The number of hydrogen-bond donors (Lipinski definition) is 2. The number of carbonyl (C=O) groups is 1. The van der Waals surface area contributed by atoms with Gasteiger partial charge in [-0.3, -0.25) is 19.4 Å². The van der Waals surface area contributed by atoms with Crippen molar-refractivity contribution < 1.29 is 18.3 Å². The summed E-state index contributed by atoms with van der Waals surface area (Å²) in [6, 6.07) is 14.0. The summed E-state index contributed by atoms with van der Waals surface area (Å²) in [5.74, 6) is 0.345. The van der Waals surface area contributed by atoms with Crippen LogP contribution in [0.25, 0.3) is 4.91 Å². The van der Waals surface area contributed by atoms with Crippen LogP contribution in [0.5, 0.6) is 5.75 Å². The van der Waals surface area contributed by atoms with Gasteiger partial charge in [-0.2, -0.15) is 0 Å². The van der Waals surface area contributed by atoms with E-state index in [0.29, 0.717) is 48.1 Å². The molecule has 3 aromatic rings. The number of aromatic nitrogens is 1. The zero-order chi connectivity index (χ0) is 31.1. The van der Waals surface area contributed by atoms with E-state index in [2.05, 4.69) is 21.5 Å². The molecule has 232 valence electrons. The van der Waals surface area contributed by atoms with E-state index in [4.69, 9.17) is 11.6 Å². The van der Waals surface area contributed by atoms with Crippen molar-refractivity contribution in [2.75, 3.05) is 30.9 Å². The summed E-state index contributed by atoms with van der Waals surface area (Å²) in [4.78, 5) is 22.2. The molecule has 1 aromatic heterocycles. The molecule has 1 unspecified atom stereocenters. The Morgan fingerprint density at radius 2 is 1.82 bits per heavy atom. The molecule has 2 aromatic carbocycles. The standard InChI is InChI=1S/C34H39ClN4O4S/c1-23-19-30(40)26(20-29(23)35)22-38-15-6-16-39(18-17-38)33(41)25-8-10-27(11-9-25)37-44(42,43)31-21-34(12-3-4-13-34)24(2)28-7-5-14-36-32(28)31/h5,7-11,14,19-21,24,37,40H,3-4,6,12-13,15-18,22H2,1-2H3. The molecule has 2 N–H and O–H groups in total. The van der Waals surface area contributed by atoms with E-state index in [1.165, 1.54) is 0 Å². The third kappa shape index (κ3) is 5.97. The number of phenolic OH excluding ortho intramolecular Hbond substituents is 1. The van der Waals surface area contributed by atoms with Crippen LogP contribution in [0.3, 0.4) is 0 Å². The topological polar surface area (TPSA) is 103 Å². The number of aryl methyl sites for hydroxylation is 1. The van der Waals surface area contributed by atoms with Gasteiger partial charge in [0.2, 0.25) is 0 Å². The summed E-state index contributed by atoms with van der Waals surface area (Å²) in [6.45, 7) is 7.22. The Balaban J connectivity index is 1.13. The minimum absolute atomic E-state index is 0.0900. The van der Waals surface area contributed by atoms with Crippen molar-refractivity contribution in [2.24, 2.45) is 5.41 Å². The van der Waals surface area contributed by atoms with Crippen LogP contribution in [-0.4, -0.2) is 60.4 Å². The van der Waals surface area contributed by atoms with Crippen LogP contribution >= 0.6 is 11.6 Å².